The molecule has 2 rings (SSSR count). The number of methoxy groups -OCH3 is 1. The number of aryl methyl sites for hydroxylation is 1. The van der Waals surface area contributed by atoms with Gasteiger partial charge in [-0.1, -0.05) is 0 Å². The number of hydrogen-bond donors (Lipinski definition) is 1. The van der Waals surface area contributed by atoms with E-state index < -0.39 is 0 Å². The van der Waals surface area contributed by atoms with E-state index in [1.165, 1.54) is 0 Å². The minimum Gasteiger partial charge on any atom is -0.377 e. The first-order valence-corrected chi connectivity index (χ1v) is 4.46. The lowest BCUT2D eigenvalue weighted by atomic mass is 10.1. The number of ether oxygens (including phenoxy) is 1. The molecule has 2 heterocycles. The predicted molar refractivity (Wildman–Crippen MR) is 47.0 cm³/mol. The lowest BCUT2D eigenvalue weighted by molar-refractivity contribution is 0.177. The van der Waals surface area contributed by atoms with E-state index in [4.69, 9.17) is 10.5 Å². The lowest BCUT2D eigenvalue weighted by Gasteiger charge is -2.17. The van der Waals surface area contributed by atoms with Crippen molar-refractivity contribution in [3.05, 3.63) is 11.6 Å². The highest BCUT2D eigenvalue weighted by atomic mass is 16.5. The molecule has 72 valence electrons. The van der Waals surface area contributed by atoms with E-state index >= 15 is 0 Å². The van der Waals surface area contributed by atoms with Crippen molar-refractivity contribution in [3.8, 4) is 0 Å². The van der Waals surface area contributed by atoms with E-state index in [1.54, 1.807) is 7.11 Å². The highest BCUT2D eigenvalue weighted by Gasteiger charge is 2.18. The van der Waals surface area contributed by atoms with Gasteiger partial charge in [-0.05, 0) is 6.42 Å². The van der Waals surface area contributed by atoms with E-state index in [1.807, 2.05) is 4.68 Å². The van der Waals surface area contributed by atoms with Gasteiger partial charge in [0.05, 0.1) is 6.54 Å². The summed E-state index contributed by atoms with van der Waals surface area (Å²) in [5.74, 6) is 1.79. The molecule has 0 aliphatic carbocycles. The van der Waals surface area contributed by atoms with E-state index in [2.05, 4.69) is 10.1 Å². The van der Waals surface area contributed by atoms with Crippen molar-refractivity contribution < 1.29 is 4.74 Å². The maximum absolute atomic E-state index is 5.81. The molecule has 13 heavy (non-hydrogen) atoms. The van der Waals surface area contributed by atoms with Crippen LogP contribution in [0.4, 0.5) is 0 Å². The number of hydrogen-bond acceptors (Lipinski definition) is 4. The van der Waals surface area contributed by atoms with Gasteiger partial charge in [0.2, 0.25) is 0 Å². The minimum atomic E-state index is 0.226. The Labute approximate surface area is 76.9 Å². The Bertz CT molecular complexity index is 296. The Morgan fingerprint density at radius 2 is 2.54 bits per heavy atom. The van der Waals surface area contributed by atoms with Crippen LogP contribution in [-0.4, -0.2) is 27.9 Å². The Balaban J connectivity index is 2.18. The summed E-state index contributed by atoms with van der Waals surface area (Å²) in [6.45, 7) is 1.27. The maximum atomic E-state index is 5.81. The molecule has 5 nitrogen and oxygen atoms in total. The van der Waals surface area contributed by atoms with Gasteiger partial charge in [0, 0.05) is 19.6 Å². The average molecular weight is 182 g/mol. The third-order valence-corrected chi connectivity index (χ3v) is 2.21. The van der Waals surface area contributed by atoms with Gasteiger partial charge in [-0.2, -0.15) is 5.10 Å². The van der Waals surface area contributed by atoms with Crippen LogP contribution in [0.1, 0.15) is 18.1 Å². The first kappa shape index (κ1) is 8.65. The highest BCUT2D eigenvalue weighted by Crippen LogP contribution is 2.11. The fraction of sp³-hybridized carbons (Fsp3) is 0.750. The molecule has 0 saturated heterocycles. The zero-order valence-electron chi connectivity index (χ0n) is 7.73. The second-order valence-electron chi connectivity index (χ2n) is 3.36. The molecule has 1 aromatic rings. The molecule has 0 radical (unpaired) electrons. The second-order valence-corrected chi connectivity index (χ2v) is 3.36. The van der Waals surface area contributed by atoms with Gasteiger partial charge in [0.15, 0.2) is 5.82 Å². The van der Waals surface area contributed by atoms with Gasteiger partial charge in [-0.3, -0.25) is 0 Å². The van der Waals surface area contributed by atoms with Crippen molar-refractivity contribution in [1.82, 2.24) is 14.8 Å². The quantitative estimate of drug-likeness (QED) is 0.681. The summed E-state index contributed by atoms with van der Waals surface area (Å²) in [6.07, 6.45) is 1.93. The molecule has 0 saturated carbocycles. The summed E-state index contributed by atoms with van der Waals surface area (Å²) in [5.41, 5.74) is 5.81. The van der Waals surface area contributed by atoms with Crippen LogP contribution in [0.25, 0.3) is 0 Å². The lowest BCUT2D eigenvalue weighted by Crippen LogP contribution is -2.32. The van der Waals surface area contributed by atoms with Crippen LogP contribution in [0.2, 0.25) is 0 Å². The summed E-state index contributed by atoms with van der Waals surface area (Å²) >= 11 is 0. The molecule has 0 bridgehead atoms. The summed E-state index contributed by atoms with van der Waals surface area (Å²) in [7, 11) is 1.64. The van der Waals surface area contributed by atoms with E-state index in [0.29, 0.717) is 6.61 Å². The molecule has 2 N–H and O–H groups in total. The summed E-state index contributed by atoms with van der Waals surface area (Å²) < 4.78 is 6.85. The van der Waals surface area contributed by atoms with Gasteiger partial charge in [-0.15, -0.1) is 0 Å². The molecular weight excluding hydrogens is 168 g/mol. The van der Waals surface area contributed by atoms with Crippen molar-refractivity contribution in [2.45, 2.75) is 32.0 Å². The second kappa shape index (κ2) is 3.43. The van der Waals surface area contributed by atoms with Crippen LogP contribution in [0.3, 0.4) is 0 Å². The van der Waals surface area contributed by atoms with Gasteiger partial charge in [-0.25, -0.2) is 9.67 Å². The van der Waals surface area contributed by atoms with Crippen LogP contribution in [0.5, 0.6) is 0 Å². The SMILES string of the molecule is COCc1nc2n(n1)C[C@H](N)CC2. The normalized spacial score (nSPS) is 21.5. The van der Waals surface area contributed by atoms with Gasteiger partial charge in [0.1, 0.15) is 12.4 Å². The molecule has 1 aromatic heterocycles. The summed E-state index contributed by atoms with van der Waals surface area (Å²) in [5, 5.41) is 4.29. The Kier molecular flexibility index (Phi) is 2.28. The first-order valence-electron chi connectivity index (χ1n) is 4.46. The number of nitrogens with zero attached hydrogens (tertiary/aromatic N) is 3. The Morgan fingerprint density at radius 3 is 3.31 bits per heavy atom. The number of nitrogens with two attached hydrogens (primary N) is 1. The molecule has 0 spiro atoms. The van der Waals surface area contributed by atoms with Gasteiger partial charge < -0.3 is 10.5 Å². The van der Waals surface area contributed by atoms with Crippen molar-refractivity contribution >= 4 is 0 Å². The van der Waals surface area contributed by atoms with Crippen molar-refractivity contribution in [3.63, 3.8) is 0 Å². The van der Waals surface area contributed by atoms with Crippen LogP contribution in [-0.2, 0) is 24.3 Å². The molecule has 0 aromatic carbocycles. The fourth-order valence-electron chi connectivity index (χ4n) is 1.58. The number of aromatic nitrogens is 3. The molecule has 1 atom stereocenters. The van der Waals surface area contributed by atoms with Gasteiger partial charge >= 0.3 is 0 Å². The molecule has 0 fully saturated rings. The molecule has 0 amide bonds. The Hall–Kier alpha value is -0.940. The average Bonchev–Trinajstić information content (AvgIpc) is 2.46. The topological polar surface area (TPSA) is 66.0 Å². The summed E-state index contributed by atoms with van der Waals surface area (Å²) in [4.78, 5) is 4.35. The first-order chi connectivity index (χ1) is 6.29. The van der Waals surface area contributed by atoms with Crippen molar-refractivity contribution in [2.24, 2.45) is 5.73 Å². The molecule has 1 aliphatic rings. The Morgan fingerprint density at radius 1 is 1.69 bits per heavy atom. The van der Waals surface area contributed by atoms with E-state index in [-0.39, 0.29) is 6.04 Å². The predicted octanol–water partition coefficient (Wildman–Crippen LogP) is -0.302. The standard InChI is InChI=1S/C8H14N4O/c1-13-5-7-10-8-3-2-6(9)4-12(8)11-7/h6H,2-5,9H2,1H3/t6-/m1/s1. The number of rotatable bonds is 2. The van der Waals surface area contributed by atoms with Crippen LogP contribution >= 0.6 is 0 Å². The summed E-state index contributed by atoms with van der Waals surface area (Å²) in [6, 6.07) is 0.226. The minimum absolute atomic E-state index is 0.226. The highest BCUT2D eigenvalue weighted by molar-refractivity contribution is 4.96. The van der Waals surface area contributed by atoms with Crippen LogP contribution in [0, 0.1) is 0 Å². The largest absolute Gasteiger partial charge is 0.377 e. The third kappa shape index (κ3) is 1.71. The molecule has 1 aliphatic heterocycles. The van der Waals surface area contributed by atoms with E-state index in [9.17, 15) is 0 Å². The smallest absolute Gasteiger partial charge is 0.176 e. The molecule has 0 unspecified atom stereocenters. The maximum Gasteiger partial charge on any atom is 0.176 e. The zero-order valence-corrected chi connectivity index (χ0v) is 7.73. The van der Waals surface area contributed by atoms with Crippen molar-refractivity contribution in [2.75, 3.05) is 7.11 Å². The zero-order chi connectivity index (χ0) is 9.26. The molecular formula is C8H14N4O. The third-order valence-electron chi connectivity index (χ3n) is 2.21. The fourth-order valence-corrected chi connectivity index (χ4v) is 1.58. The van der Waals surface area contributed by atoms with Crippen LogP contribution < -0.4 is 5.73 Å². The van der Waals surface area contributed by atoms with Crippen molar-refractivity contribution in [1.29, 1.82) is 0 Å². The van der Waals surface area contributed by atoms with Crippen LogP contribution in [0.15, 0.2) is 0 Å². The molecule has 5 heteroatoms. The number of fused-ring (bicyclic) bond motifs is 1. The van der Waals surface area contributed by atoms with E-state index in [0.717, 1.165) is 31.0 Å². The monoisotopic (exact) mass is 182 g/mol. The van der Waals surface area contributed by atoms with Gasteiger partial charge in [0.25, 0.3) is 0 Å².